The average Bonchev–Trinajstić information content (AvgIpc) is 2.38. The summed E-state index contributed by atoms with van der Waals surface area (Å²) < 4.78 is 13.2. The van der Waals surface area contributed by atoms with Crippen LogP contribution in [0.2, 0.25) is 0 Å². The zero-order valence-corrected chi connectivity index (χ0v) is 11.5. The van der Waals surface area contributed by atoms with Gasteiger partial charge in [0.1, 0.15) is 5.82 Å². The lowest BCUT2D eigenvalue weighted by atomic mass is 9.96. The maximum absolute atomic E-state index is 13.2. The first kappa shape index (κ1) is 12.7. The molecule has 1 aromatic carbocycles. The van der Waals surface area contributed by atoms with E-state index in [1.165, 1.54) is 37.9 Å². The van der Waals surface area contributed by atoms with E-state index in [-0.39, 0.29) is 5.82 Å². The van der Waals surface area contributed by atoms with Gasteiger partial charge in [0.05, 0.1) is 11.4 Å². The molecule has 2 atom stereocenters. The number of benzene rings is 1. The summed E-state index contributed by atoms with van der Waals surface area (Å²) >= 11 is 0. The Bertz CT molecular complexity index is 463. The Labute approximate surface area is 114 Å². The molecule has 0 aliphatic carbocycles. The lowest BCUT2D eigenvalue weighted by molar-refractivity contribution is 0.115. The van der Waals surface area contributed by atoms with Gasteiger partial charge in [-0.15, -0.1) is 0 Å². The highest BCUT2D eigenvalue weighted by molar-refractivity contribution is 5.68. The number of halogens is 1. The van der Waals surface area contributed by atoms with Crippen LogP contribution < -0.4 is 10.6 Å². The van der Waals surface area contributed by atoms with E-state index >= 15 is 0 Å². The predicted octanol–water partition coefficient (Wildman–Crippen LogP) is 2.47. The molecule has 2 unspecified atom stereocenters. The SMILES string of the molecule is CC1CN2CCCCC2CN1c1ccc(F)cc1N. The molecule has 3 rings (SSSR count). The lowest BCUT2D eigenvalue weighted by Gasteiger charge is -2.48. The molecular weight excluding hydrogens is 241 g/mol. The number of nitrogens with two attached hydrogens (primary N) is 1. The Hall–Kier alpha value is -1.29. The van der Waals surface area contributed by atoms with Gasteiger partial charge >= 0.3 is 0 Å². The van der Waals surface area contributed by atoms with Crippen molar-refractivity contribution in [3.05, 3.63) is 24.0 Å². The molecule has 2 aliphatic rings. The second kappa shape index (κ2) is 5.00. The van der Waals surface area contributed by atoms with Crippen molar-refractivity contribution >= 4 is 11.4 Å². The van der Waals surface area contributed by atoms with Gasteiger partial charge < -0.3 is 10.6 Å². The molecule has 0 bridgehead atoms. The summed E-state index contributed by atoms with van der Waals surface area (Å²) in [6.07, 6.45) is 3.91. The third-order valence-corrected chi connectivity index (χ3v) is 4.49. The first-order chi connectivity index (χ1) is 9.15. The van der Waals surface area contributed by atoms with Crippen LogP contribution in [0.4, 0.5) is 15.8 Å². The minimum absolute atomic E-state index is 0.259. The van der Waals surface area contributed by atoms with Crippen molar-refractivity contribution in [2.75, 3.05) is 30.3 Å². The Morgan fingerprint density at radius 3 is 2.89 bits per heavy atom. The Morgan fingerprint density at radius 2 is 2.11 bits per heavy atom. The fourth-order valence-electron chi connectivity index (χ4n) is 3.47. The fourth-order valence-corrected chi connectivity index (χ4v) is 3.47. The van der Waals surface area contributed by atoms with Crippen LogP contribution in [0.15, 0.2) is 18.2 Å². The van der Waals surface area contributed by atoms with Gasteiger partial charge in [-0.2, -0.15) is 0 Å². The van der Waals surface area contributed by atoms with Gasteiger partial charge in [0.15, 0.2) is 0 Å². The van der Waals surface area contributed by atoms with Crippen molar-refractivity contribution in [2.45, 2.75) is 38.3 Å². The van der Waals surface area contributed by atoms with Gasteiger partial charge in [-0.25, -0.2) is 4.39 Å². The molecule has 2 saturated heterocycles. The van der Waals surface area contributed by atoms with Crippen LogP contribution in [0.5, 0.6) is 0 Å². The maximum Gasteiger partial charge on any atom is 0.125 e. The van der Waals surface area contributed by atoms with E-state index in [9.17, 15) is 4.39 Å². The molecular formula is C15H22FN3. The van der Waals surface area contributed by atoms with E-state index in [2.05, 4.69) is 16.7 Å². The number of piperazine rings is 1. The molecule has 3 nitrogen and oxygen atoms in total. The smallest absolute Gasteiger partial charge is 0.125 e. The van der Waals surface area contributed by atoms with Gasteiger partial charge in [-0.05, 0) is 44.5 Å². The molecule has 0 saturated carbocycles. The predicted molar refractivity (Wildman–Crippen MR) is 76.8 cm³/mol. The highest BCUT2D eigenvalue weighted by Gasteiger charge is 2.33. The molecule has 2 N–H and O–H groups in total. The molecule has 2 fully saturated rings. The third-order valence-electron chi connectivity index (χ3n) is 4.49. The minimum atomic E-state index is -0.259. The first-order valence-corrected chi connectivity index (χ1v) is 7.21. The summed E-state index contributed by atoms with van der Waals surface area (Å²) in [4.78, 5) is 4.95. The monoisotopic (exact) mass is 263 g/mol. The van der Waals surface area contributed by atoms with Gasteiger partial charge in [0.25, 0.3) is 0 Å². The van der Waals surface area contributed by atoms with E-state index in [0.717, 1.165) is 18.8 Å². The van der Waals surface area contributed by atoms with E-state index in [4.69, 9.17) is 5.73 Å². The summed E-state index contributed by atoms with van der Waals surface area (Å²) in [5.74, 6) is -0.259. The molecule has 2 aliphatic heterocycles. The van der Waals surface area contributed by atoms with Gasteiger partial charge in [-0.1, -0.05) is 6.42 Å². The van der Waals surface area contributed by atoms with E-state index in [1.54, 1.807) is 0 Å². The lowest BCUT2D eigenvalue weighted by Crippen LogP contribution is -2.59. The van der Waals surface area contributed by atoms with Crippen molar-refractivity contribution in [3.63, 3.8) is 0 Å². The number of nitrogen functional groups attached to an aromatic ring is 1. The van der Waals surface area contributed by atoms with Gasteiger partial charge in [-0.3, -0.25) is 4.90 Å². The summed E-state index contributed by atoms with van der Waals surface area (Å²) in [6, 6.07) is 5.82. The summed E-state index contributed by atoms with van der Waals surface area (Å²) in [5, 5.41) is 0. The normalized spacial score (nSPS) is 28.2. The van der Waals surface area contributed by atoms with Crippen LogP contribution in [0.25, 0.3) is 0 Å². The Morgan fingerprint density at radius 1 is 1.26 bits per heavy atom. The summed E-state index contributed by atoms with van der Waals surface area (Å²) in [7, 11) is 0. The first-order valence-electron chi connectivity index (χ1n) is 7.21. The quantitative estimate of drug-likeness (QED) is 0.790. The van der Waals surface area contributed by atoms with Crippen LogP contribution >= 0.6 is 0 Å². The fraction of sp³-hybridized carbons (Fsp3) is 0.600. The molecule has 19 heavy (non-hydrogen) atoms. The number of hydrogen-bond donors (Lipinski definition) is 1. The maximum atomic E-state index is 13.2. The number of rotatable bonds is 1. The molecule has 2 heterocycles. The molecule has 104 valence electrons. The van der Waals surface area contributed by atoms with Crippen molar-refractivity contribution in [1.29, 1.82) is 0 Å². The van der Waals surface area contributed by atoms with Gasteiger partial charge in [0, 0.05) is 25.2 Å². The molecule has 4 heteroatoms. The number of piperidine rings is 1. The second-order valence-corrected chi connectivity index (χ2v) is 5.85. The topological polar surface area (TPSA) is 32.5 Å². The Kier molecular flexibility index (Phi) is 3.35. The average molecular weight is 263 g/mol. The number of nitrogens with zero attached hydrogens (tertiary/aromatic N) is 2. The zero-order valence-electron chi connectivity index (χ0n) is 11.5. The van der Waals surface area contributed by atoms with Crippen LogP contribution in [0.3, 0.4) is 0 Å². The number of hydrogen-bond acceptors (Lipinski definition) is 3. The molecule has 1 aromatic rings. The van der Waals surface area contributed by atoms with Crippen LogP contribution in [-0.4, -0.2) is 36.6 Å². The number of anilines is 2. The molecule has 0 aromatic heterocycles. The van der Waals surface area contributed by atoms with Crippen molar-refractivity contribution in [2.24, 2.45) is 0 Å². The van der Waals surface area contributed by atoms with Crippen LogP contribution in [0.1, 0.15) is 26.2 Å². The van der Waals surface area contributed by atoms with E-state index in [1.807, 2.05) is 6.07 Å². The standard InChI is InChI=1S/C15H22FN3/c1-11-9-18-7-3-2-4-13(18)10-19(11)15-6-5-12(16)8-14(15)17/h5-6,8,11,13H,2-4,7,9-10,17H2,1H3. The highest BCUT2D eigenvalue weighted by Crippen LogP contribution is 2.31. The third kappa shape index (κ3) is 2.41. The molecule has 0 amide bonds. The van der Waals surface area contributed by atoms with E-state index in [0.29, 0.717) is 17.8 Å². The van der Waals surface area contributed by atoms with Crippen molar-refractivity contribution in [1.82, 2.24) is 4.90 Å². The van der Waals surface area contributed by atoms with Gasteiger partial charge in [0.2, 0.25) is 0 Å². The van der Waals surface area contributed by atoms with Crippen LogP contribution in [-0.2, 0) is 0 Å². The Balaban J connectivity index is 1.83. The van der Waals surface area contributed by atoms with Crippen molar-refractivity contribution in [3.8, 4) is 0 Å². The second-order valence-electron chi connectivity index (χ2n) is 5.85. The zero-order chi connectivity index (χ0) is 13.4. The van der Waals surface area contributed by atoms with Crippen LogP contribution in [0, 0.1) is 5.82 Å². The largest absolute Gasteiger partial charge is 0.397 e. The molecule has 0 radical (unpaired) electrons. The summed E-state index contributed by atoms with van der Waals surface area (Å²) in [5.41, 5.74) is 7.52. The summed E-state index contributed by atoms with van der Waals surface area (Å²) in [6.45, 7) is 5.55. The highest BCUT2D eigenvalue weighted by atomic mass is 19.1. The van der Waals surface area contributed by atoms with E-state index < -0.39 is 0 Å². The number of fused-ring (bicyclic) bond motifs is 1. The molecule has 0 spiro atoms. The minimum Gasteiger partial charge on any atom is -0.397 e. The van der Waals surface area contributed by atoms with Crippen molar-refractivity contribution < 1.29 is 4.39 Å².